The van der Waals surface area contributed by atoms with E-state index in [1.807, 2.05) is 0 Å². The SMILES string of the molecule is COc1ccc(Oc2cc(C)c(F)cc2[N+](=O)[O-])c(Br)c1. The quantitative estimate of drug-likeness (QED) is 0.593. The summed E-state index contributed by atoms with van der Waals surface area (Å²) < 4.78 is 24.6. The summed E-state index contributed by atoms with van der Waals surface area (Å²) in [5.41, 5.74) is -0.166. The Morgan fingerprint density at radius 3 is 2.52 bits per heavy atom. The van der Waals surface area contributed by atoms with Crippen LogP contribution in [0.4, 0.5) is 10.1 Å². The molecule has 110 valence electrons. The molecule has 0 aliphatic heterocycles. The average Bonchev–Trinajstić information content (AvgIpc) is 2.44. The second kappa shape index (κ2) is 6.09. The summed E-state index contributed by atoms with van der Waals surface area (Å²) in [5, 5.41) is 11.0. The number of benzene rings is 2. The third-order valence-corrected chi connectivity index (χ3v) is 3.42. The molecule has 0 N–H and O–H groups in total. The van der Waals surface area contributed by atoms with Crippen LogP contribution in [0.3, 0.4) is 0 Å². The molecule has 0 saturated heterocycles. The summed E-state index contributed by atoms with van der Waals surface area (Å²) >= 11 is 3.29. The summed E-state index contributed by atoms with van der Waals surface area (Å²) in [5.74, 6) is 0.302. The molecule has 2 rings (SSSR count). The molecule has 21 heavy (non-hydrogen) atoms. The fraction of sp³-hybridized carbons (Fsp3) is 0.143. The molecule has 0 bridgehead atoms. The number of nitro groups is 1. The van der Waals surface area contributed by atoms with Crippen LogP contribution in [0, 0.1) is 22.9 Å². The Balaban J connectivity index is 2.43. The van der Waals surface area contributed by atoms with Crippen molar-refractivity contribution < 1.29 is 18.8 Å². The standard InChI is InChI=1S/C14H11BrFNO4/c1-8-5-14(12(17(18)19)7-11(8)16)21-13-4-3-9(20-2)6-10(13)15/h3-7H,1-2H3. The fourth-order valence-corrected chi connectivity index (χ4v) is 2.12. The maximum Gasteiger partial charge on any atom is 0.314 e. The zero-order valence-electron chi connectivity index (χ0n) is 11.2. The van der Waals surface area contributed by atoms with Crippen molar-refractivity contribution in [3.8, 4) is 17.2 Å². The summed E-state index contributed by atoms with van der Waals surface area (Å²) in [7, 11) is 1.52. The van der Waals surface area contributed by atoms with E-state index in [9.17, 15) is 14.5 Å². The highest BCUT2D eigenvalue weighted by molar-refractivity contribution is 9.10. The smallest absolute Gasteiger partial charge is 0.314 e. The van der Waals surface area contributed by atoms with Gasteiger partial charge < -0.3 is 9.47 Å². The van der Waals surface area contributed by atoms with Crippen molar-refractivity contribution in [2.45, 2.75) is 6.92 Å². The molecule has 0 saturated carbocycles. The van der Waals surface area contributed by atoms with Gasteiger partial charge in [0.1, 0.15) is 17.3 Å². The van der Waals surface area contributed by atoms with Crippen LogP contribution in [0.2, 0.25) is 0 Å². The lowest BCUT2D eigenvalue weighted by molar-refractivity contribution is -0.385. The monoisotopic (exact) mass is 355 g/mol. The van der Waals surface area contributed by atoms with Gasteiger partial charge in [-0.25, -0.2) is 4.39 Å². The van der Waals surface area contributed by atoms with Crippen molar-refractivity contribution in [2.75, 3.05) is 7.11 Å². The Morgan fingerprint density at radius 1 is 1.24 bits per heavy atom. The number of nitrogens with zero attached hydrogens (tertiary/aromatic N) is 1. The number of ether oxygens (including phenoxy) is 2. The van der Waals surface area contributed by atoms with Crippen LogP contribution in [0.15, 0.2) is 34.8 Å². The lowest BCUT2D eigenvalue weighted by Gasteiger charge is -2.10. The summed E-state index contributed by atoms with van der Waals surface area (Å²) in [4.78, 5) is 10.3. The minimum atomic E-state index is -0.685. The van der Waals surface area contributed by atoms with Crippen LogP contribution in [0.1, 0.15) is 5.56 Å². The van der Waals surface area contributed by atoms with E-state index < -0.39 is 16.4 Å². The molecule has 2 aromatic rings. The minimum Gasteiger partial charge on any atom is -0.497 e. The highest BCUT2D eigenvalue weighted by atomic mass is 79.9. The molecule has 2 aromatic carbocycles. The highest BCUT2D eigenvalue weighted by Crippen LogP contribution is 2.37. The summed E-state index contributed by atoms with van der Waals surface area (Å²) in [6.45, 7) is 1.51. The molecule has 0 amide bonds. The van der Waals surface area contributed by atoms with E-state index in [-0.39, 0.29) is 11.3 Å². The van der Waals surface area contributed by atoms with Crippen LogP contribution in [0.25, 0.3) is 0 Å². The molecule has 0 unspecified atom stereocenters. The first-order valence-corrected chi connectivity index (χ1v) is 6.67. The van der Waals surface area contributed by atoms with Gasteiger partial charge >= 0.3 is 5.69 Å². The van der Waals surface area contributed by atoms with Gasteiger partial charge in [-0.05, 0) is 52.7 Å². The first-order valence-electron chi connectivity index (χ1n) is 5.88. The zero-order chi connectivity index (χ0) is 15.6. The lowest BCUT2D eigenvalue weighted by Crippen LogP contribution is -1.97. The van der Waals surface area contributed by atoms with E-state index in [1.54, 1.807) is 18.2 Å². The van der Waals surface area contributed by atoms with Crippen molar-refractivity contribution in [3.05, 3.63) is 56.3 Å². The van der Waals surface area contributed by atoms with Crippen LogP contribution >= 0.6 is 15.9 Å². The van der Waals surface area contributed by atoms with Crippen molar-refractivity contribution in [2.24, 2.45) is 0 Å². The van der Waals surface area contributed by atoms with E-state index >= 15 is 0 Å². The average molecular weight is 356 g/mol. The molecule has 0 atom stereocenters. The van der Waals surface area contributed by atoms with Gasteiger partial charge in [0.25, 0.3) is 0 Å². The molecule has 0 spiro atoms. The molecular weight excluding hydrogens is 345 g/mol. The van der Waals surface area contributed by atoms with Gasteiger partial charge in [0.05, 0.1) is 22.6 Å². The second-order valence-electron chi connectivity index (χ2n) is 4.22. The number of hydrogen-bond acceptors (Lipinski definition) is 4. The van der Waals surface area contributed by atoms with E-state index in [0.29, 0.717) is 16.0 Å². The highest BCUT2D eigenvalue weighted by Gasteiger charge is 2.20. The number of methoxy groups -OCH3 is 1. The Kier molecular flexibility index (Phi) is 4.42. The molecule has 0 fully saturated rings. The van der Waals surface area contributed by atoms with Gasteiger partial charge in [-0.3, -0.25) is 10.1 Å². The van der Waals surface area contributed by atoms with Gasteiger partial charge in [-0.2, -0.15) is 0 Å². The second-order valence-corrected chi connectivity index (χ2v) is 5.08. The first-order chi connectivity index (χ1) is 9.92. The van der Waals surface area contributed by atoms with Gasteiger partial charge in [-0.15, -0.1) is 0 Å². The molecule has 7 heteroatoms. The Hall–Kier alpha value is -2.15. The van der Waals surface area contributed by atoms with Gasteiger partial charge in [0, 0.05) is 0 Å². The predicted octanol–water partition coefficient (Wildman–Crippen LogP) is 4.61. The normalized spacial score (nSPS) is 10.3. The number of rotatable bonds is 4. The molecule has 0 aliphatic carbocycles. The first kappa shape index (κ1) is 15.2. The number of hydrogen-bond donors (Lipinski definition) is 0. The van der Waals surface area contributed by atoms with Gasteiger partial charge in [0.15, 0.2) is 0 Å². The number of halogens is 2. The van der Waals surface area contributed by atoms with E-state index in [0.717, 1.165) is 6.07 Å². The van der Waals surface area contributed by atoms with Crippen LogP contribution < -0.4 is 9.47 Å². The van der Waals surface area contributed by atoms with Crippen molar-refractivity contribution in [1.82, 2.24) is 0 Å². The van der Waals surface area contributed by atoms with E-state index in [1.165, 1.54) is 20.1 Å². The Labute approximate surface area is 128 Å². The van der Waals surface area contributed by atoms with Crippen molar-refractivity contribution in [3.63, 3.8) is 0 Å². The predicted molar refractivity (Wildman–Crippen MR) is 78.6 cm³/mol. The third-order valence-electron chi connectivity index (χ3n) is 2.80. The molecule has 0 aliphatic rings. The van der Waals surface area contributed by atoms with Crippen LogP contribution in [-0.2, 0) is 0 Å². The summed E-state index contributed by atoms with van der Waals surface area (Å²) in [6.07, 6.45) is 0. The Morgan fingerprint density at radius 2 is 1.95 bits per heavy atom. The van der Waals surface area contributed by atoms with E-state index in [4.69, 9.17) is 9.47 Å². The van der Waals surface area contributed by atoms with E-state index in [2.05, 4.69) is 15.9 Å². The van der Waals surface area contributed by atoms with Gasteiger partial charge in [-0.1, -0.05) is 0 Å². The van der Waals surface area contributed by atoms with Crippen molar-refractivity contribution >= 4 is 21.6 Å². The molecule has 0 aromatic heterocycles. The molecule has 0 radical (unpaired) electrons. The van der Waals surface area contributed by atoms with Crippen LogP contribution in [0.5, 0.6) is 17.2 Å². The zero-order valence-corrected chi connectivity index (χ0v) is 12.8. The molecular formula is C14H11BrFNO4. The third kappa shape index (κ3) is 3.30. The minimum absolute atomic E-state index is 0.0234. The van der Waals surface area contributed by atoms with Gasteiger partial charge in [0.2, 0.25) is 5.75 Å². The molecule has 0 heterocycles. The number of aryl methyl sites for hydroxylation is 1. The molecule has 5 nitrogen and oxygen atoms in total. The fourth-order valence-electron chi connectivity index (χ4n) is 1.68. The lowest BCUT2D eigenvalue weighted by atomic mass is 10.2. The Bertz CT molecular complexity index is 706. The maximum atomic E-state index is 13.5. The van der Waals surface area contributed by atoms with Crippen molar-refractivity contribution in [1.29, 1.82) is 0 Å². The summed E-state index contributed by atoms with van der Waals surface area (Å²) in [6, 6.07) is 7.07. The largest absolute Gasteiger partial charge is 0.497 e. The maximum absolute atomic E-state index is 13.5. The number of nitro benzene ring substituents is 1. The van der Waals surface area contributed by atoms with Crippen LogP contribution in [-0.4, -0.2) is 12.0 Å². The topological polar surface area (TPSA) is 61.6 Å².